The Labute approximate surface area is 255 Å². The van der Waals surface area contributed by atoms with Gasteiger partial charge in [0.25, 0.3) is 10.0 Å². The molecule has 0 radical (unpaired) electrons. The summed E-state index contributed by atoms with van der Waals surface area (Å²) < 4.78 is 28.6. The van der Waals surface area contributed by atoms with E-state index in [1.807, 2.05) is 19.9 Å². The molecular formula is C28H39Cl3N4O4S. The number of carboxylic acid groups (broad SMARTS) is 1. The summed E-state index contributed by atoms with van der Waals surface area (Å²) in [5, 5.41) is 10.4. The van der Waals surface area contributed by atoms with E-state index >= 15 is 0 Å². The van der Waals surface area contributed by atoms with E-state index in [4.69, 9.17) is 4.98 Å². The van der Waals surface area contributed by atoms with Crippen LogP contribution < -0.4 is 9.62 Å². The number of nitrogens with one attached hydrogen (secondary N) is 1. The number of aromatic carboxylic acids is 1. The fourth-order valence-corrected chi connectivity index (χ4v) is 6.38. The second-order valence-corrected chi connectivity index (χ2v) is 12.2. The van der Waals surface area contributed by atoms with E-state index in [1.165, 1.54) is 0 Å². The smallest absolute Gasteiger partial charge is 0.336 e. The van der Waals surface area contributed by atoms with Gasteiger partial charge in [-0.05, 0) is 80.6 Å². The van der Waals surface area contributed by atoms with Crippen molar-refractivity contribution in [2.45, 2.75) is 52.0 Å². The van der Waals surface area contributed by atoms with Gasteiger partial charge in [0.2, 0.25) is 0 Å². The van der Waals surface area contributed by atoms with Crippen LogP contribution in [0, 0.1) is 19.8 Å². The molecule has 1 atom stereocenters. The molecule has 0 amide bonds. The van der Waals surface area contributed by atoms with Crippen molar-refractivity contribution in [1.82, 2.24) is 9.88 Å². The highest BCUT2D eigenvalue weighted by Gasteiger charge is 2.24. The number of benzene rings is 2. The van der Waals surface area contributed by atoms with Gasteiger partial charge in [0.15, 0.2) is 0 Å². The molecule has 1 aromatic heterocycles. The number of aryl methyl sites for hydroxylation is 2. The Balaban J connectivity index is 0.00000267. The third-order valence-corrected chi connectivity index (χ3v) is 8.22. The van der Waals surface area contributed by atoms with Crippen molar-refractivity contribution in [2.24, 2.45) is 5.92 Å². The Morgan fingerprint density at radius 2 is 1.55 bits per heavy atom. The van der Waals surface area contributed by atoms with E-state index in [1.54, 1.807) is 36.4 Å². The standard InChI is InChI=1S/C28H36N4O4S.3ClH/c1-18(2)12-21(5)31-8-10-32(11-9-31)27-17-25(28(33)34)24-16-22(6-7-26(24)29-27)30-37(35,36)23-14-19(3)13-20(4)15-23;;;/h6-7,13-18,21,30H,8-12H2,1-5H3,(H,33,34);3*1H. The molecule has 12 heteroatoms. The minimum atomic E-state index is -3.84. The lowest BCUT2D eigenvalue weighted by Gasteiger charge is -2.39. The Hall–Kier alpha value is -2.30. The van der Waals surface area contributed by atoms with Crippen molar-refractivity contribution in [2.75, 3.05) is 35.8 Å². The first kappa shape index (κ1) is 35.7. The van der Waals surface area contributed by atoms with Crippen LogP contribution in [0.5, 0.6) is 0 Å². The van der Waals surface area contributed by atoms with Gasteiger partial charge in [-0.25, -0.2) is 18.2 Å². The lowest BCUT2D eigenvalue weighted by atomic mass is 10.0. The zero-order valence-electron chi connectivity index (χ0n) is 23.4. The van der Waals surface area contributed by atoms with Crippen LogP contribution in [-0.4, -0.2) is 61.6 Å². The highest BCUT2D eigenvalue weighted by Crippen LogP contribution is 2.28. The number of halogens is 3. The maximum atomic E-state index is 13.0. The van der Waals surface area contributed by atoms with E-state index in [-0.39, 0.29) is 53.4 Å². The molecule has 2 heterocycles. The predicted molar refractivity (Wildman–Crippen MR) is 170 cm³/mol. The molecule has 4 rings (SSSR count). The largest absolute Gasteiger partial charge is 0.478 e. The van der Waals surface area contributed by atoms with Gasteiger partial charge in [0.05, 0.1) is 16.0 Å². The molecular weight excluding hydrogens is 595 g/mol. The number of nitrogens with zero attached hydrogens (tertiary/aromatic N) is 3. The summed E-state index contributed by atoms with van der Waals surface area (Å²) in [6.45, 7) is 13.8. The van der Waals surface area contributed by atoms with E-state index < -0.39 is 16.0 Å². The Bertz CT molecular complexity index is 1410. The Morgan fingerprint density at radius 1 is 0.950 bits per heavy atom. The van der Waals surface area contributed by atoms with Crippen LogP contribution in [0.2, 0.25) is 0 Å². The van der Waals surface area contributed by atoms with Crippen LogP contribution in [0.25, 0.3) is 10.9 Å². The average Bonchev–Trinajstić information content (AvgIpc) is 2.82. The molecule has 40 heavy (non-hydrogen) atoms. The molecule has 1 aliphatic heterocycles. The predicted octanol–water partition coefficient (Wildman–Crippen LogP) is 6.17. The molecule has 2 N–H and O–H groups in total. The molecule has 8 nitrogen and oxygen atoms in total. The number of anilines is 2. The van der Waals surface area contributed by atoms with Gasteiger partial charge in [-0.2, -0.15) is 0 Å². The number of aromatic nitrogens is 1. The van der Waals surface area contributed by atoms with Gasteiger partial charge in [0.1, 0.15) is 5.82 Å². The van der Waals surface area contributed by atoms with Crippen LogP contribution in [0.15, 0.2) is 47.4 Å². The number of sulfonamides is 1. The molecule has 1 unspecified atom stereocenters. The fourth-order valence-electron chi connectivity index (χ4n) is 5.14. The number of carboxylic acids is 1. The van der Waals surface area contributed by atoms with E-state index in [0.29, 0.717) is 28.7 Å². The summed E-state index contributed by atoms with van der Waals surface area (Å²) in [5.41, 5.74) is 2.59. The molecule has 1 aliphatic rings. The van der Waals surface area contributed by atoms with Crippen LogP contribution >= 0.6 is 37.2 Å². The van der Waals surface area contributed by atoms with Crippen molar-refractivity contribution in [3.63, 3.8) is 0 Å². The first-order valence-corrected chi connectivity index (χ1v) is 14.2. The SMILES string of the molecule is Cc1cc(C)cc(S(=O)(=O)Nc2ccc3nc(N4CCN(C(C)CC(C)C)CC4)cc(C(=O)O)c3c2)c1.Cl.Cl.Cl. The summed E-state index contributed by atoms with van der Waals surface area (Å²) in [6.07, 6.45) is 1.15. The molecule has 222 valence electrons. The quantitative estimate of drug-likeness (QED) is 0.306. The van der Waals surface area contributed by atoms with Crippen molar-refractivity contribution >= 4 is 75.6 Å². The maximum absolute atomic E-state index is 13.0. The molecule has 3 aromatic rings. The normalized spacial score (nSPS) is 14.6. The lowest BCUT2D eigenvalue weighted by molar-refractivity contribution is 0.0699. The molecule has 0 aliphatic carbocycles. The Morgan fingerprint density at radius 3 is 2.10 bits per heavy atom. The lowest BCUT2D eigenvalue weighted by Crippen LogP contribution is -2.50. The third-order valence-electron chi connectivity index (χ3n) is 6.86. The minimum Gasteiger partial charge on any atom is -0.478 e. The number of hydrogen-bond acceptors (Lipinski definition) is 6. The number of fused-ring (bicyclic) bond motifs is 1. The fraction of sp³-hybridized carbons (Fsp3) is 0.429. The van der Waals surface area contributed by atoms with Crippen molar-refractivity contribution in [3.8, 4) is 0 Å². The first-order valence-electron chi connectivity index (χ1n) is 12.7. The van der Waals surface area contributed by atoms with Crippen molar-refractivity contribution in [1.29, 1.82) is 0 Å². The number of pyridine rings is 1. The van der Waals surface area contributed by atoms with Gasteiger partial charge < -0.3 is 10.0 Å². The zero-order chi connectivity index (χ0) is 26.9. The molecule has 0 spiro atoms. The second-order valence-electron chi connectivity index (χ2n) is 10.5. The van der Waals surface area contributed by atoms with Crippen molar-refractivity contribution in [3.05, 3.63) is 59.2 Å². The van der Waals surface area contributed by atoms with Gasteiger partial charge in [-0.15, -0.1) is 37.2 Å². The van der Waals surface area contributed by atoms with Crippen LogP contribution in [-0.2, 0) is 10.0 Å². The summed E-state index contributed by atoms with van der Waals surface area (Å²) >= 11 is 0. The van der Waals surface area contributed by atoms with Crippen LogP contribution in [0.4, 0.5) is 11.5 Å². The van der Waals surface area contributed by atoms with Gasteiger partial charge in [-0.1, -0.05) is 19.9 Å². The molecule has 2 aromatic carbocycles. The third kappa shape index (κ3) is 8.36. The number of rotatable bonds is 8. The van der Waals surface area contributed by atoms with E-state index in [0.717, 1.165) is 43.7 Å². The maximum Gasteiger partial charge on any atom is 0.336 e. The molecule has 1 fully saturated rings. The molecule has 1 saturated heterocycles. The summed E-state index contributed by atoms with van der Waals surface area (Å²) in [6, 6.07) is 12.1. The Kier molecular flexibility index (Phi) is 13.0. The van der Waals surface area contributed by atoms with E-state index in [9.17, 15) is 18.3 Å². The zero-order valence-corrected chi connectivity index (χ0v) is 26.6. The highest BCUT2D eigenvalue weighted by molar-refractivity contribution is 7.92. The topological polar surface area (TPSA) is 103 Å². The highest BCUT2D eigenvalue weighted by atomic mass is 35.5. The van der Waals surface area contributed by atoms with Gasteiger partial charge in [-0.3, -0.25) is 9.62 Å². The summed E-state index contributed by atoms with van der Waals surface area (Å²) in [7, 11) is -3.84. The van der Waals surface area contributed by atoms with Gasteiger partial charge >= 0.3 is 5.97 Å². The average molecular weight is 634 g/mol. The second kappa shape index (κ2) is 14.5. The summed E-state index contributed by atoms with van der Waals surface area (Å²) in [4.78, 5) is 21.7. The van der Waals surface area contributed by atoms with E-state index in [2.05, 4.69) is 35.3 Å². The molecule has 0 saturated carbocycles. The van der Waals surface area contributed by atoms with Crippen molar-refractivity contribution < 1.29 is 18.3 Å². The summed E-state index contributed by atoms with van der Waals surface area (Å²) in [5.74, 6) is 0.195. The minimum absolute atomic E-state index is 0. The van der Waals surface area contributed by atoms with Crippen LogP contribution in [0.3, 0.4) is 0 Å². The number of carbonyl (C=O) groups is 1. The number of hydrogen-bond donors (Lipinski definition) is 2. The van der Waals surface area contributed by atoms with Crippen LogP contribution in [0.1, 0.15) is 48.7 Å². The van der Waals surface area contributed by atoms with Gasteiger partial charge in [0, 0.05) is 43.3 Å². The number of piperazine rings is 1. The first-order chi connectivity index (χ1) is 17.4. The monoisotopic (exact) mass is 632 g/mol. The molecule has 0 bridgehead atoms.